The Morgan fingerprint density at radius 2 is 1.91 bits per heavy atom. The average Bonchev–Trinajstić information content (AvgIpc) is 2.05. The molecule has 0 spiro atoms. The maximum absolute atomic E-state index is 10.9. The van der Waals surface area contributed by atoms with Crippen molar-refractivity contribution in [3.8, 4) is 0 Å². The average molecular weight is 213 g/mol. The molecular weight excluding hydrogens is 203 g/mol. The van der Waals surface area contributed by atoms with Crippen molar-refractivity contribution in [3.05, 3.63) is 35.9 Å². The van der Waals surface area contributed by atoms with Gasteiger partial charge < -0.3 is 0 Å². The van der Waals surface area contributed by atoms with Gasteiger partial charge >= 0.3 is 74.2 Å². The Balaban J connectivity index is 2.85. The van der Waals surface area contributed by atoms with Gasteiger partial charge in [-0.3, -0.25) is 0 Å². The van der Waals surface area contributed by atoms with E-state index in [1.165, 1.54) is 0 Å². The number of carbonyl (C=O) groups is 1. The first-order valence-corrected chi connectivity index (χ1v) is 4.43. The first-order chi connectivity index (χ1) is 5.22. The Labute approximate surface area is 74.6 Å². The molecule has 2 heteroatoms. The summed E-state index contributed by atoms with van der Waals surface area (Å²) >= 11 is 2.06. The van der Waals surface area contributed by atoms with Crippen LogP contribution in [-0.2, 0) is 4.79 Å². The van der Waals surface area contributed by atoms with E-state index >= 15 is 0 Å². The molecule has 1 unspecified atom stereocenters. The van der Waals surface area contributed by atoms with E-state index in [9.17, 15) is 4.79 Å². The topological polar surface area (TPSA) is 17.1 Å². The Hall–Kier alpha value is -0.591. The van der Waals surface area contributed by atoms with Crippen LogP contribution in [-0.4, -0.2) is 20.7 Å². The molecule has 0 saturated carbocycles. The van der Waals surface area contributed by atoms with Gasteiger partial charge in [0.2, 0.25) is 0 Å². The molecular formula is C9H10OSe. The van der Waals surface area contributed by atoms with E-state index in [0.717, 1.165) is 5.56 Å². The summed E-state index contributed by atoms with van der Waals surface area (Å²) in [6, 6.07) is 9.78. The summed E-state index contributed by atoms with van der Waals surface area (Å²) < 4.78 is 0.156. The molecule has 1 atom stereocenters. The fourth-order valence-corrected chi connectivity index (χ4v) is 1.20. The van der Waals surface area contributed by atoms with Crippen LogP contribution in [0.2, 0.25) is 0 Å². The Morgan fingerprint density at radius 1 is 1.36 bits per heavy atom. The van der Waals surface area contributed by atoms with Crippen LogP contribution in [0.15, 0.2) is 30.3 Å². The van der Waals surface area contributed by atoms with Gasteiger partial charge in [-0.25, -0.2) is 0 Å². The van der Waals surface area contributed by atoms with E-state index in [-0.39, 0.29) is 10.6 Å². The molecule has 0 aliphatic carbocycles. The summed E-state index contributed by atoms with van der Waals surface area (Å²) in [6.07, 6.45) is 0. The van der Waals surface area contributed by atoms with Crippen molar-refractivity contribution in [2.75, 3.05) is 0 Å². The molecule has 58 valence electrons. The fraction of sp³-hybridized carbons (Fsp3) is 0.222. The zero-order valence-electron chi connectivity index (χ0n) is 6.32. The molecule has 0 bridgehead atoms. The van der Waals surface area contributed by atoms with Crippen molar-refractivity contribution in [2.45, 2.75) is 12.8 Å². The molecule has 1 nitrogen and oxygen atoms in total. The molecule has 0 saturated heterocycles. The van der Waals surface area contributed by atoms with Gasteiger partial charge in [-0.15, -0.1) is 0 Å². The predicted octanol–water partition coefficient (Wildman–Crippen LogP) is 1.22. The summed E-state index contributed by atoms with van der Waals surface area (Å²) in [5.41, 5.74) is 1.08. The number of hydrogen-bond acceptors (Lipinski definition) is 1. The van der Waals surface area contributed by atoms with E-state index in [0.29, 0.717) is 0 Å². The molecule has 1 aromatic rings. The van der Waals surface area contributed by atoms with Crippen LogP contribution in [0.1, 0.15) is 18.4 Å². The third-order valence-corrected chi connectivity index (χ3v) is 2.48. The van der Waals surface area contributed by atoms with Crippen LogP contribution in [0.25, 0.3) is 0 Å². The number of benzene rings is 1. The fourth-order valence-electron chi connectivity index (χ4n) is 0.884. The van der Waals surface area contributed by atoms with Crippen molar-refractivity contribution in [1.29, 1.82) is 0 Å². The van der Waals surface area contributed by atoms with Gasteiger partial charge in [0.15, 0.2) is 0 Å². The molecule has 0 amide bonds. The summed E-state index contributed by atoms with van der Waals surface area (Å²) in [5.74, 6) is 0.0104. The van der Waals surface area contributed by atoms with Gasteiger partial charge in [-0.05, 0) is 0 Å². The first kappa shape index (κ1) is 8.51. The molecule has 0 aliphatic rings. The van der Waals surface area contributed by atoms with Gasteiger partial charge in [0.25, 0.3) is 0 Å². The van der Waals surface area contributed by atoms with E-state index in [2.05, 4.69) is 16.0 Å². The molecule has 0 radical (unpaired) electrons. The molecule has 11 heavy (non-hydrogen) atoms. The van der Waals surface area contributed by atoms with Crippen LogP contribution in [0, 0.1) is 0 Å². The summed E-state index contributed by atoms with van der Waals surface area (Å²) in [5, 5.41) is 0. The Kier molecular flexibility index (Phi) is 2.86. The molecule has 0 fully saturated rings. The Bertz CT molecular complexity index is 243. The minimum absolute atomic E-state index is 0.0104. The molecule has 1 rings (SSSR count). The van der Waals surface area contributed by atoms with E-state index in [1.807, 2.05) is 37.3 Å². The van der Waals surface area contributed by atoms with E-state index in [1.54, 1.807) is 0 Å². The maximum atomic E-state index is 10.9. The van der Waals surface area contributed by atoms with Crippen LogP contribution in [0.5, 0.6) is 0 Å². The van der Waals surface area contributed by atoms with Crippen LogP contribution in [0.4, 0.5) is 0 Å². The van der Waals surface area contributed by atoms with E-state index in [4.69, 9.17) is 0 Å². The molecule has 0 aromatic heterocycles. The van der Waals surface area contributed by atoms with Crippen LogP contribution >= 0.6 is 0 Å². The Morgan fingerprint density at radius 3 is 2.36 bits per heavy atom. The van der Waals surface area contributed by atoms with E-state index < -0.39 is 0 Å². The van der Waals surface area contributed by atoms with Crippen molar-refractivity contribution < 1.29 is 4.79 Å². The second-order valence-corrected chi connectivity index (χ2v) is 3.40. The number of rotatable bonds is 2. The molecule has 0 N–H and O–H groups in total. The summed E-state index contributed by atoms with van der Waals surface area (Å²) in [4.78, 5) is 10.9. The van der Waals surface area contributed by atoms with Crippen LogP contribution < -0.4 is 0 Å². The zero-order valence-corrected chi connectivity index (χ0v) is 8.20. The molecule has 0 heterocycles. The third-order valence-electron chi connectivity index (χ3n) is 1.67. The van der Waals surface area contributed by atoms with Crippen molar-refractivity contribution in [1.82, 2.24) is 0 Å². The van der Waals surface area contributed by atoms with Gasteiger partial charge in [-0.1, -0.05) is 0 Å². The quantitative estimate of drug-likeness (QED) is 0.675. The standard InChI is InChI=1S/C9H10OSe/c1-7(9(10)11)8-5-3-2-4-6-8/h2-7H,1H3,(H,10,11). The summed E-state index contributed by atoms with van der Waals surface area (Å²) in [7, 11) is 0. The van der Waals surface area contributed by atoms with Crippen molar-refractivity contribution >= 4 is 20.7 Å². The second-order valence-electron chi connectivity index (χ2n) is 2.47. The monoisotopic (exact) mass is 214 g/mol. The second kappa shape index (κ2) is 3.70. The third kappa shape index (κ3) is 2.18. The predicted molar refractivity (Wildman–Crippen MR) is 47.0 cm³/mol. The van der Waals surface area contributed by atoms with Gasteiger partial charge in [0.05, 0.1) is 0 Å². The van der Waals surface area contributed by atoms with Gasteiger partial charge in [0.1, 0.15) is 0 Å². The van der Waals surface area contributed by atoms with Gasteiger partial charge in [-0.2, -0.15) is 0 Å². The summed E-state index contributed by atoms with van der Waals surface area (Å²) in [6.45, 7) is 1.91. The van der Waals surface area contributed by atoms with Crippen molar-refractivity contribution in [3.63, 3.8) is 0 Å². The zero-order chi connectivity index (χ0) is 8.27. The first-order valence-electron chi connectivity index (χ1n) is 3.49. The van der Waals surface area contributed by atoms with Crippen molar-refractivity contribution in [2.24, 2.45) is 0 Å². The normalized spacial score (nSPS) is 12.5. The minimum atomic E-state index is 0.0104. The SMILES string of the molecule is CC(C(=O)[SeH])c1ccccc1. The number of carbonyl (C=O) groups excluding carboxylic acids is 1. The molecule has 0 aliphatic heterocycles. The number of hydrogen-bond donors (Lipinski definition) is 0. The van der Waals surface area contributed by atoms with Crippen LogP contribution in [0.3, 0.4) is 0 Å². The molecule has 1 aromatic carbocycles. The van der Waals surface area contributed by atoms with Gasteiger partial charge in [0, 0.05) is 0 Å².